The molecule has 0 bridgehead atoms. The molecular formula is C14H30O8P2. The normalized spacial score (nSPS) is 18.6. The summed E-state index contributed by atoms with van der Waals surface area (Å²) in [7, 11) is -9.65. The van der Waals surface area contributed by atoms with Crippen LogP contribution in [0.25, 0.3) is 0 Å². The Morgan fingerprint density at radius 2 is 1.46 bits per heavy atom. The van der Waals surface area contributed by atoms with E-state index in [4.69, 9.17) is 14.5 Å². The maximum Gasteiger partial charge on any atom is 0.476 e. The zero-order chi connectivity index (χ0) is 19.6. The summed E-state index contributed by atoms with van der Waals surface area (Å²) in [6.45, 7) is 12.9. The van der Waals surface area contributed by atoms with Gasteiger partial charge in [-0.05, 0) is 24.2 Å². The van der Waals surface area contributed by atoms with Crippen LogP contribution in [0.4, 0.5) is 0 Å². The van der Waals surface area contributed by atoms with Crippen LogP contribution < -0.4 is 0 Å². The molecule has 8 nitrogen and oxygen atoms in total. The minimum atomic E-state index is -5.10. The zero-order valence-electron chi connectivity index (χ0n) is 15.4. The Hall–Kier alpha value is -0.230. The van der Waals surface area contributed by atoms with Gasteiger partial charge in [0, 0.05) is 0 Å². The summed E-state index contributed by atoms with van der Waals surface area (Å²) >= 11 is 0. The Balaban J connectivity index is 5.14. The van der Waals surface area contributed by atoms with Crippen molar-refractivity contribution in [3.63, 3.8) is 0 Å². The van der Waals surface area contributed by atoms with Crippen LogP contribution >= 0.6 is 15.4 Å². The highest BCUT2D eigenvalue weighted by molar-refractivity contribution is 7.63. The van der Waals surface area contributed by atoms with E-state index in [0.29, 0.717) is 0 Å². The molecule has 0 aromatic rings. The average Bonchev–Trinajstić information content (AvgIpc) is 2.32. The van der Waals surface area contributed by atoms with Crippen molar-refractivity contribution in [1.82, 2.24) is 0 Å². The highest BCUT2D eigenvalue weighted by Gasteiger charge is 2.55. The van der Waals surface area contributed by atoms with Crippen molar-refractivity contribution >= 4 is 21.4 Å². The second kappa shape index (κ2) is 7.56. The fourth-order valence-electron chi connectivity index (χ4n) is 2.56. The molecule has 0 spiro atoms. The number of ether oxygens (including phenoxy) is 1. The zero-order valence-corrected chi connectivity index (χ0v) is 17.2. The first-order valence-corrected chi connectivity index (χ1v) is 10.9. The van der Waals surface area contributed by atoms with E-state index >= 15 is 0 Å². The summed E-state index contributed by atoms with van der Waals surface area (Å²) in [5.74, 6) is -0.530. The summed E-state index contributed by atoms with van der Waals surface area (Å²) in [5, 5.41) is 0. The molecule has 0 heterocycles. The highest BCUT2D eigenvalue weighted by Crippen LogP contribution is 2.57. The fraction of sp³-hybridized carbons (Fsp3) is 0.929. The predicted octanol–water partition coefficient (Wildman–Crippen LogP) is 3.31. The van der Waals surface area contributed by atoms with Gasteiger partial charge in [0.25, 0.3) is 0 Å². The minimum absolute atomic E-state index is 0.395. The number of carbonyl (C=O) groups excluding carboxylic acids is 1. The Morgan fingerprint density at radius 1 is 1.00 bits per heavy atom. The van der Waals surface area contributed by atoms with Crippen LogP contribution in [0, 0.1) is 16.2 Å². The summed E-state index contributed by atoms with van der Waals surface area (Å²) in [4.78, 5) is 39.3. The van der Waals surface area contributed by atoms with E-state index in [2.05, 4.69) is 4.31 Å². The molecule has 3 N–H and O–H groups in total. The van der Waals surface area contributed by atoms with Gasteiger partial charge in [-0.2, -0.15) is 0 Å². The smallest absolute Gasteiger partial charge is 0.465 e. The third-order valence-corrected chi connectivity index (χ3v) is 7.61. The van der Waals surface area contributed by atoms with Gasteiger partial charge < -0.3 is 19.4 Å². The second-order valence-electron chi connectivity index (χ2n) is 7.68. The van der Waals surface area contributed by atoms with E-state index in [1.165, 1.54) is 0 Å². The van der Waals surface area contributed by atoms with Crippen LogP contribution in [-0.4, -0.2) is 33.4 Å². The molecule has 144 valence electrons. The molecule has 0 fully saturated rings. The summed E-state index contributed by atoms with van der Waals surface area (Å²) in [5.41, 5.74) is -1.71. The highest BCUT2D eigenvalue weighted by atomic mass is 31.3. The first-order chi connectivity index (χ1) is 10.4. The number of phosphoric acid groups is 1. The predicted molar refractivity (Wildman–Crippen MR) is 90.4 cm³/mol. The van der Waals surface area contributed by atoms with Crippen molar-refractivity contribution in [2.24, 2.45) is 16.2 Å². The van der Waals surface area contributed by atoms with Gasteiger partial charge in [0.05, 0.1) is 11.6 Å². The molecule has 0 amide bonds. The largest absolute Gasteiger partial charge is 0.476 e. The van der Waals surface area contributed by atoms with Gasteiger partial charge in [-0.3, -0.25) is 9.36 Å². The first kappa shape index (κ1) is 23.8. The molecule has 10 heteroatoms. The van der Waals surface area contributed by atoms with Crippen molar-refractivity contribution in [2.45, 2.75) is 54.9 Å². The number of esters is 1. The van der Waals surface area contributed by atoms with Crippen LogP contribution in [0.2, 0.25) is 0 Å². The van der Waals surface area contributed by atoms with Crippen molar-refractivity contribution in [3.05, 3.63) is 0 Å². The Bertz CT molecular complexity index is 545. The second-order valence-corrected chi connectivity index (χ2v) is 11.0. The number of hydrogen-bond donors (Lipinski definition) is 3. The van der Waals surface area contributed by atoms with Gasteiger partial charge in [0.2, 0.25) is 0 Å². The lowest BCUT2D eigenvalue weighted by Gasteiger charge is -2.50. The van der Waals surface area contributed by atoms with E-state index in [1.54, 1.807) is 6.92 Å². The van der Waals surface area contributed by atoms with E-state index in [1.807, 2.05) is 41.5 Å². The van der Waals surface area contributed by atoms with E-state index in [-0.39, 0.29) is 0 Å². The van der Waals surface area contributed by atoms with Crippen LogP contribution in [0.15, 0.2) is 0 Å². The Labute approximate surface area is 143 Å². The van der Waals surface area contributed by atoms with Gasteiger partial charge in [0.15, 0.2) is 0 Å². The summed E-state index contributed by atoms with van der Waals surface area (Å²) in [6.07, 6.45) is 0.0201. The molecule has 0 aromatic heterocycles. The van der Waals surface area contributed by atoms with Gasteiger partial charge in [0.1, 0.15) is 6.61 Å². The lowest BCUT2D eigenvalue weighted by atomic mass is 9.53. The van der Waals surface area contributed by atoms with E-state index in [9.17, 15) is 18.8 Å². The number of rotatable bonds is 8. The molecule has 0 aliphatic heterocycles. The Kier molecular flexibility index (Phi) is 7.49. The lowest BCUT2D eigenvalue weighted by molar-refractivity contribution is -0.173. The minimum Gasteiger partial charge on any atom is -0.465 e. The quantitative estimate of drug-likeness (QED) is 0.426. The van der Waals surface area contributed by atoms with Crippen LogP contribution in [0.5, 0.6) is 0 Å². The number of carbonyl (C=O) groups is 1. The van der Waals surface area contributed by atoms with Crippen molar-refractivity contribution in [2.75, 3.05) is 12.8 Å². The van der Waals surface area contributed by atoms with Crippen LogP contribution in [0.3, 0.4) is 0 Å². The summed E-state index contributed by atoms with van der Waals surface area (Å²) < 4.78 is 31.2. The van der Waals surface area contributed by atoms with E-state index < -0.39 is 50.4 Å². The third kappa shape index (κ3) is 5.94. The van der Waals surface area contributed by atoms with Gasteiger partial charge in [-0.15, -0.1) is 0 Å². The molecule has 0 aliphatic rings. The molecule has 2 atom stereocenters. The molecule has 0 saturated heterocycles. The molecule has 0 saturated carbocycles. The first-order valence-electron chi connectivity index (χ1n) is 7.65. The molecule has 0 aliphatic carbocycles. The number of hydrogen-bond acceptors (Lipinski definition) is 5. The maximum absolute atomic E-state index is 12.7. The van der Waals surface area contributed by atoms with Crippen molar-refractivity contribution in [1.29, 1.82) is 0 Å². The molecule has 24 heavy (non-hydrogen) atoms. The average molecular weight is 388 g/mol. The summed E-state index contributed by atoms with van der Waals surface area (Å²) in [6, 6.07) is 0. The molecule has 0 radical (unpaired) electrons. The lowest BCUT2D eigenvalue weighted by Crippen LogP contribution is -2.52. The topological polar surface area (TPSA) is 130 Å². The third-order valence-electron chi connectivity index (χ3n) is 4.99. The van der Waals surface area contributed by atoms with Crippen LogP contribution in [-0.2, 0) is 23.0 Å². The van der Waals surface area contributed by atoms with Crippen molar-refractivity contribution in [3.8, 4) is 0 Å². The van der Waals surface area contributed by atoms with Gasteiger partial charge in [-0.1, -0.05) is 41.5 Å². The van der Waals surface area contributed by atoms with Gasteiger partial charge >= 0.3 is 21.4 Å². The van der Waals surface area contributed by atoms with E-state index in [0.717, 1.165) is 6.42 Å². The molecule has 2 unspecified atom stereocenters. The standard InChI is InChI=1S/C14H30O8P2/c1-8-13(5,6)14(7,12(2,3)4)11(15)21-9-10-23(16,17)22-24(18,19)20/h8-10H2,1-7H3,(H,16,17)(H2,18,19,20). The molecule has 0 rings (SSSR count). The molecular weight excluding hydrogens is 358 g/mol. The fourth-order valence-corrected chi connectivity index (χ4v) is 4.53. The monoisotopic (exact) mass is 388 g/mol. The maximum atomic E-state index is 12.7. The van der Waals surface area contributed by atoms with Crippen molar-refractivity contribution < 1.29 is 37.7 Å². The molecule has 0 aromatic carbocycles. The van der Waals surface area contributed by atoms with Gasteiger partial charge in [-0.25, -0.2) is 8.88 Å². The van der Waals surface area contributed by atoms with Crippen LogP contribution in [0.1, 0.15) is 54.9 Å². The SMILES string of the molecule is CCC(C)(C)C(C)(C(=O)OCCP(=O)(O)OP(=O)(O)O)C(C)(C)C. The Morgan fingerprint density at radius 3 is 1.79 bits per heavy atom.